The van der Waals surface area contributed by atoms with Gasteiger partial charge in [-0.2, -0.15) is 0 Å². The number of carbonyl (C=O) groups is 4. The third-order valence-electron chi connectivity index (χ3n) is 9.99. The quantitative estimate of drug-likeness (QED) is 0.0480. The van der Waals surface area contributed by atoms with Gasteiger partial charge in [-0.25, -0.2) is 9.59 Å². The van der Waals surface area contributed by atoms with Crippen LogP contribution in [0.15, 0.2) is 78.9 Å². The molecule has 0 radical (unpaired) electrons. The predicted molar refractivity (Wildman–Crippen MR) is 226 cm³/mol. The summed E-state index contributed by atoms with van der Waals surface area (Å²) in [5.74, 6) is -0.0588. The number of benzene rings is 4. The maximum atomic E-state index is 12.7. The minimum atomic E-state index is -1.03. The number of fused-ring (bicyclic) bond motifs is 1. The normalized spacial score (nSPS) is 14.5. The first-order valence-electron chi connectivity index (χ1n) is 19.7. The molecule has 4 aromatic rings. The molecule has 2 aliphatic rings. The maximum Gasteiger partial charge on any atom is 0.411 e. The Balaban J connectivity index is 0.837. The largest absolute Gasteiger partial charge is 0.506 e. The van der Waals surface area contributed by atoms with Crippen molar-refractivity contribution in [2.24, 2.45) is 0 Å². The number of phenolic OH excluding ortho intramolecular Hbond substituents is 1. The first-order valence-corrected chi connectivity index (χ1v) is 20.0. The topological polar surface area (TPSA) is 209 Å². The van der Waals surface area contributed by atoms with E-state index in [9.17, 15) is 29.4 Å². The smallest absolute Gasteiger partial charge is 0.411 e. The number of para-hydroxylation sites is 1. The van der Waals surface area contributed by atoms with Crippen LogP contribution in [0.4, 0.5) is 26.7 Å². The Morgan fingerprint density at radius 1 is 0.983 bits per heavy atom. The number of nitrogens with one attached hydrogen (secondary N) is 5. The van der Waals surface area contributed by atoms with E-state index in [2.05, 4.69) is 31.5 Å². The van der Waals surface area contributed by atoms with Crippen LogP contribution in [0.1, 0.15) is 42.9 Å². The van der Waals surface area contributed by atoms with E-state index in [0.29, 0.717) is 74.4 Å². The van der Waals surface area contributed by atoms with Gasteiger partial charge in [-0.3, -0.25) is 20.2 Å². The second-order valence-electron chi connectivity index (χ2n) is 14.2. The van der Waals surface area contributed by atoms with Crippen LogP contribution in [0.3, 0.4) is 0 Å². The fourth-order valence-electron chi connectivity index (χ4n) is 6.87. The van der Waals surface area contributed by atoms with Crippen molar-refractivity contribution < 1.29 is 48.3 Å². The fraction of sp³-hybridized carbons (Fsp3) is 0.349. The van der Waals surface area contributed by atoms with Gasteiger partial charge in [0.1, 0.15) is 23.3 Å². The molecule has 2 aliphatic heterocycles. The van der Waals surface area contributed by atoms with E-state index < -0.39 is 24.2 Å². The zero-order valence-corrected chi connectivity index (χ0v) is 33.9. The lowest BCUT2D eigenvalue weighted by molar-refractivity contribution is -0.121. The Hall–Kier alpha value is -6.07. The molecule has 1 fully saturated rings. The number of phenols is 1. The molecule has 1 atom stereocenters. The average molecular weight is 845 g/mol. The summed E-state index contributed by atoms with van der Waals surface area (Å²) >= 11 is 6.48. The lowest BCUT2D eigenvalue weighted by Crippen LogP contribution is -2.40. The second kappa shape index (κ2) is 21.3. The van der Waals surface area contributed by atoms with Crippen molar-refractivity contribution in [1.82, 2.24) is 15.5 Å². The highest BCUT2D eigenvalue weighted by molar-refractivity contribution is 6.33. The average Bonchev–Trinajstić information content (AvgIpc) is 3.25. The zero-order valence-electron chi connectivity index (χ0n) is 33.1. The summed E-state index contributed by atoms with van der Waals surface area (Å²) in [4.78, 5) is 51.6. The van der Waals surface area contributed by atoms with Gasteiger partial charge in [-0.1, -0.05) is 60.1 Å². The molecule has 17 heteroatoms. The number of amides is 4. The number of halogens is 1. The number of hydrogen-bond donors (Lipinski definition) is 7. The summed E-state index contributed by atoms with van der Waals surface area (Å²) in [5, 5.41) is 35.2. The molecule has 0 bridgehead atoms. The van der Waals surface area contributed by atoms with Gasteiger partial charge in [-0.05, 0) is 49.1 Å². The molecule has 318 valence electrons. The van der Waals surface area contributed by atoms with E-state index in [1.54, 1.807) is 12.1 Å². The zero-order chi connectivity index (χ0) is 42.4. The highest BCUT2D eigenvalue weighted by atomic mass is 35.5. The molecule has 0 aromatic heterocycles. The Morgan fingerprint density at radius 2 is 1.73 bits per heavy atom. The number of aliphatic hydroxyl groups excluding tert-OH is 1. The van der Waals surface area contributed by atoms with Crippen LogP contribution in [0.5, 0.6) is 17.2 Å². The van der Waals surface area contributed by atoms with Gasteiger partial charge in [0, 0.05) is 68.4 Å². The number of rotatable bonds is 17. The number of nitrogens with zero attached hydrogens (tertiary/aromatic N) is 1. The lowest BCUT2D eigenvalue weighted by atomic mass is 10.0. The van der Waals surface area contributed by atoms with E-state index in [1.165, 1.54) is 19.2 Å². The standard InChI is InChI=1S/C43H49ClN6O10/c1-57-37-23-34(32(44)22-28(37)24-45-25-36(52)31-12-13-35(51)40-41(31)59-26-39(54)49-40)48-42(55)58-21-7-17-46-38(53)16-20-50-18-14-29(15-19-50)60-43(56)47-33-11-6-5-10-30(33)27-8-3-2-4-9-27/h2-6,8-13,22-23,29,36,45,51-52H,7,14-21,24-26H2,1H3,(H,46,53)(H,47,56)(H,48,55)(H,49,54)/t36-/m0/s1. The van der Waals surface area contributed by atoms with Crippen LogP contribution in [0.25, 0.3) is 11.1 Å². The molecule has 0 spiro atoms. The molecule has 0 unspecified atom stereocenters. The van der Waals surface area contributed by atoms with Crippen LogP contribution in [0.2, 0.25) is 5.02 Å². The van der Waals surface area contributed by atoms with Crippen molar-refractivity contribution in [2.45, 2.75) is 44.4 Å². The minimum absolute atomic E-state index is 0.0613. The SMILES string of the molecule is COc1cc(NC(=O)OCCCNC(=O)CCN2CCC(OC(=O)Nc3ccccc3-c3ccccc3)CC2)c(Cl)cc1CNC[C@H](O)c1ccc(O)c2c1OCC(=O)N2. The lowest BCUT2D eigenvalue weighted by Gasteiger charge is -2.31. The van der Waals surface area contributed by atoms with Crippen molar-refractivity contribution in [2.75, 3.05) is 69.0 Å². The Kier molecular flexibility index (Phi) is 15.4. The Labute approximate surface area is 352 Å². The predicted octanol–water partition coefficient (Wildman–Crippen LogP) is 6.03. The van der Waals surface area contributed by atoms with Crippen molar-refractivity contribution >= 4 is 52.7 Å². The van der Waals surface area contributed by atoms with Gasteiger partial charge in [0.05, 0.1) is 36.2 Å². The molecule has 6 rings (SSSR count). The molecule has 0 saturated carbocycles. The van der Waals surface area contributed by atoms with Crippen molar-refractivity contribution in [1.29, 1.82) is 0 Å². The van der Waals surface area contributed by atoms with E-state index >= 15 is 0 Å². The van der Waals surface area contributed by atoms with Crippen LogP contribution in [0, 0.1) is 0 Å². The van der Waals surface area contributed by atoms with Gasteiger partial charge < -0.3 is 50.0 Å². The van der Waals surface area contributed by atoms with E-state index in [4.69, 9.17) is 30.5 Å². The highest BCUT2D eigenvalue weighted by Crippen LogP contribution is 2.41. The molecule has 16 nitrogen and oxygen atoms in total. The number of hydrogen-bond acceptors (Lipinski definition) is 12. The summed E-state index contributed by atoms with van der Waals surface area (Å²) in [7, 11) is 1.47. The molecular formula is C43H49ClN6O10. The number of likely N-dealkylation sites (tertiary alicyclic amines) is 1. The van der Waals surface area contributed by atoms with E-state index in [-0.39, 0.29) is 66.2 Å². The van der Waals surface area contributed by atoms with Gasteiger partial charge >= 0.3 is 12.2 Å². The van der Waals surface area contributed by atoms with Gasteiger partial charge in [0.25, 0.3) is 5.91 Å². The Bertz CT molecular complexity index is 2130. The molecule has 4 aromatic carbocycles. The number of aliphatic hydroxyl groups is 1. The summed E-state index contributed by atoms with van der Waals surface area (Å²) in [6.45, 7) is 2.48. The van der Waals surface area contributed by atoms with Gasteiger partial charge in [0.2, 0.25) is 5.91 Å². The highest BCUT2D eigenvalue weighted by Gasteiger charge is 2.26. The van der Waals surface area contributed by atoms with Gasteiger partial charge in [-0.15, -0.1) is 0 Å². The third-order valence-corrected chi connectivity index (χ3v) is 10.3. The summed E-state index contributed by atoms with van der Waals surface area (Å²) in [6.07, 6.45) is -0.400. The maximum absolute atomic E-state index is 12.7. The molecule has 7 N–H and O–H groups in total. The minimum Gasteiger partial charge on any atom is -0.506 e. The molecule has 60 heavy (non-hydrogen) atoms. The molecule has 1 saturated heterocycles. The van der Waals surface area contributed by atoms with Crippen molar-refractivity contribution in [3.63, 3.8) is 0 Å². The summed E-state index contributed by atoms with van der Waals surface area (Å²) < 4.78 is 22.0. The third kappa shape index (κ3) is 12.0. The van der Waals surface area contributed by atoms with E-state index in [1.807, 2.05) is 54.6 Å². The van der Waals surface area contributed by atoms with E-state index in [0.717, 1.165) is 11.1 Å². The molecule has 4 amide bonds. The number of ether oxygens (including phenoxy) is 4. The first kappa shape index (κ1) is 43.5. The van der Waals surface area contributed by atoms with Crippen molar-refractivity contribution in [3.8, 4) is 28.4 Å². The van der Waals surface area contributed by atoms with Gasteiger partial charge in [0.15, 0.2) is 12.4 Å². The number of methoxy groups -OCH3 is 1. The Morgan fingerprint density at radius 3 is 2.52 bits per heavy atom. The molecular weight excluding hydrogens is 796 g/mol. The summed E-state index contributed by atoms with van der Waals surface area (Å²) in [5.41, 5.74) is 4.02. The first-order chi connectivity index (χ1) is 29.1. The number of piperidine rings is 1. The number of carbonyl (C=O) groups excluding carboxylic acids is 4. The molecule has 0 aliphatic carbocycles. The van der Waals surface area contributed by atoms with Crippen LogP contribution in [-0.2, 0) is 25.6 Å². The summed E-state index contributed by atoms with van der Waals surface area (Å²) in [6, 6.07) is 23.5. The van der Waals surface area contributed by atoms with Crippen LogP contribution >= 0.6 is 11.6 Å². The number of anilines is 3. The fourth-order valence-corrected chi connectivity index (χ4v) is 7.11. The van der Waals surface area contributed by atoms with Crippen molar-refractivity contribution in [3.05, 3.63) is 95.0 Å². The monoisotopic (exact) mass is 844 g/mol. The number of aromatic hydroxyl groups is 1. The van der Waals surface area contributed by atoms with Crippen LogP contribution < -0.4 is 36.1 Å². The van der Waals surface area contributed by atoms with Crippen LogP contribution in [-0.4, -0.2) is 98.3 Å². The molecule has 2 heterocycles. The second-order valence-corrected chi connectivity index (χ2v) is 14.6.